The Bertz CT molecular complexity index is 1110. The van der Waals surface area contributed by atoms with Gasteiger partial charge in [0.2, 0.25) is 5.78 Å². The molecule has 6 heteroatoms. The molecule has 140 valence electrons. The van der Waals surface area contributed by atoms with E-state index in [9.17, 15) is 9.18 Å². The topological polar surface area (TPSA) is 35.5 Å². The summed E-state index contributed by atoms with van der Waals surface area (Å²) in [5.74, 6) is 0.431. The summed E-state index contributed by atoms with van der Waals surface area (Å²) in [5.41, 5.74) is 1.49. The third-order valence-electron chi connectivity index (χ3n) is 4.24. The number of hydrogen-bond acceptors (Lipinski definition) is 3. The molecule has 28 heavy (non-hydrogen) atoms. The van der Waals surface area contributed by atoms with Crippen molar-refractivity contribution in [2.24, 2.45) is 0 Å². The van der Waals surface area contributed by atoms with Crippen LogP contribution in [0.15, 0.2) is 66.4 Å². The molecule has 0 aromatic heterocycles. The highest BCUT2D eigenvalue weighted by Gasteiger charge is 2.28. The number of halogens is 3. The molecule has 3 aromatic carbocycles. The van der Waals surface area contributed by atoms with E-state index in [0.717, 1.165) is 0 Å². The molecule has 0 spiro atoms. The zero-order valence-corrected chi connectivity index (χ0v) is 15.9. The Hall–Kier alpha value is -2.82. The molecule has 0 saturated carbocycles. The van der Waals surface area contributed by atoms with Crippen molar-refractivity contribution in [1.29, 1.82) is 0 Å². The average molecular weight is 415 g/mol. The maximum Gasteiger partial charge on any atom is 0.231 e. The molecule has 0 radical (unpaired) electrons. The zero-order valence-electron chi connectivity index (χ0n) is 14.4. The summed E-state index contributed by atoms with van der Waals surface area (Å²) >= 11 is 12.1. The quantitative estimate of drug-likeness (QED) is 0.468. The summed E-state index contributed by atoms with van der Waals surface area (Å²) in [6.07, 6.45) is 1.57. The van der Waals surface area contributed by atoms with Gasteiger partial charge in [-0.05, 0) is 42.0 Å². The van der Waals surface area contributed by atoms with Crippen molar-refractivity contribution in [3.63, 3.8) is 0 Å². The lowest BCUT2D eigenvalue weighted by Gasteiger charge is -2.08. The summed E-state index contributed by atoms with van der Waals surface area (Å²) in [6.45, 7) is 0.0719. The van der Waals surface area contributed by atoms with E-state index in [0.29, 0.717) is 38.2 Å². The van der Waals surface area contributed by atoms with Crippen molar-refractivity contribution in [3.05, 3.63) is 99.0 Å². The van der Waals surface area contributed by atoms with Crippen molar-refractivity contribution in [2.75, 3.05) is 0 Å². The first kappa shape index (κ1) is 18.5. The Balaban J connectivity index is 1.54. The predicted octanol–water partition coefficient (Wildman–Crippen LogP) is 6.33. The second-order valence-electron chi connectivity index (χ2n) is 6.14. The number of carbonyl (C=O) groups is 1. The molecule has 0 N–H and O–H groups in total. The number of ketones is 1. The summed E-state index contributed by atoms with van der Waals surface area (Å²) < 4.78 is 25.0. The molecule has 0 saturated heterocycles. The Morgan fingerprint density at radius 2 is 1.86 bits per heavy atom. The van der Waals surface area contributed by atoms with Gasteiger partial charge in [-0.25, -0.2) is 4.39 Å². The smallest absolute Gasteiger partial charge is 0.231 e. The molecule has 0 aliphatic carbocycles. The van der Waals surface area contributed by atoms with Crippen LogP contribution in [0.1, 0.15) is 21.5 Å². The van der Waals surface area contributed by atoms with Crippen LogP contribution in [-0.2, 0) is 6.61 Å². The molecule has 0 amide bonds. The molecule has 0 unspecified atom stereocenters. The number of hydrogen-bond donors (Lipinski definition) is 0. The molecular weight excluding hydrogens is 402 g/mol. The van der Waals surface area contributed by atoms with Crippen LogP contribution in [0.4, 0.5) is 4.39 Å². The van der Waals surface area contributed by atoms with Gasteiger partial charge in [0.25, 0.3) is 0 Å². The largest absolute Gasteiger partial charge is 0.489 e. The average Bonchev–Trinajstić information content (AvgIpc) is 2.98. The van der Waals surface area contributed by atoms with Crippen molar-refractivity contribution in [1.82, 2.24) is 0 Å². The number of rotatable bonds is 4. The van der Waals surface area contributed by atoms with E-state index in [1.54, 1.807) is 60.7 Å². The Morgan fingerprint density at radius 3 is 2.64 bits per heavy atom. The molecule has 3 aromatic rings. The van der Waals surface area contributed by atoms with Gasteiger partial charge < -0.3 is 9.47 Å². The van der Waals surface area contributed by atoms with Crippen LogP contribution in [0.25, 0.3) is 6.08 Å². The van der Waals surface area contributed by atoms with E-state index in [1.807, 2.05) is 0 Å². The molecule has 1 aliphatic heterocycles. The summed E-state index contributed by atoms with van der Waals surface area (Å²) in [4.78, 5) is 12.6. The van der Waals surface area contributed by atoms with Gasteiger partial charge in [-0.2, -0.15) is 0 Å². The first-order chi connectivity index (χ1) is 13.5. The van der Waals surface area contributed by atoms with Crippen LogP contribution >= 0.6 is 23.2 Å². The first-order valence-corrected chi connectivity index (χ1v) is 9.16. The van der Waals surface area contributed by atoms with Crippen LogP contribution in [0.2, 0.25) is 10.0 Å². The van der Waals surface area contributed by atoms with E-state index in [-0.39, 0.29) is 24.0 Å². The lowest BCUT2D eigenvalue weighted by molar-refractivity contribution is 0.101. The van der Waals surface area contributed by atoms with E-state index < -0.39 is 0 Å². The third-order valence-corrected chi connectivity index (χ3v) is 4.81. The van der Waals surface area contributed by atoms with E-state index in [4.69, 9.17) is 32.7 Å². The fourth-order valence-corrected chi connectivity index (χ4v) is 3.26. The third kappa shape index (κ3) is 3.75. The first-order valence-electron chi connectivity index (χ1n) is 8.41. The minimum atomic E-state index is -0.333. The number of fused-ring (bicyclic) bond motifs is 1. The molecule has 1 heterocycles. The van der Waals surface area contributed by atoms with Gasteiger partial charge in [-0.3, -0.25) is 4.79 Å². The second kappa shape index (κ2) is 7.66. The molecule has 0 atom stereocenters. The van der Waals surface area contributed by atoms with Gasteiger partial charge in [-0.1, -0.05) is 47.5 Å². The van der Waals surface area contributed by atoms with Crippen molar-refractivity contribution >= 4 is 35.1 Å². The summed E-state index contributed by atoms with van der Waals surface area (Å²) in [7, 11) is 0. The molecule has 0 bridgehead atoms. The predicted molar refractivity (Wildman–Crippen MR) is 107 cm³/mol. The van der Waals surface area contributed by atoms with E-state index in [2.05, 4.69) is 0 Å². The Kier molecular flexibility index (Phi) is 5.07. The highest BCUT2D eigenvalue weighted by molar-refractivity contribution is 6.35. The lowest BCUT2D eigenvalue weighted by atomic mass is 10.1. The van der Waals surface area contributed by atoms with Crippen molar-refractivity contribution < 1.29 is 18.7 Å². The maximum absolute atomic E-state index is 13.7. The van der Waals surface area contributed by atoms with Crippen LogP contribution in [0, 0.1) is 5.82 Å². The SMILES string of the molecule is O=C1C(=Cc2ccc(Cl)cc2Cl)Oc2cc(OCc3ccccc3F)ccc21. The van der Waals surface area contributed by atoms with Crippen molar-refractivity contribution in [3.8, 4) is 11.5 Å². The fraction of sp³-hybridized carbons (Fsp3) is 0.0455. The lowest BCUT2D eigenvalue weighted by Crippen LogP contribution is -1.98. The molecular formula is C22H13Cl2FO3. The number of benzene rings is 3. The molecule has 1 aliphatic rings. The maximum atomic E-state index is 13.7. The fourth-order valence-electron chi connectivity index (χ4n) is 2.79. The highest BCUT2D eigenvalue weighted by Crippen LogP contribution is 2.36. The highest BCUT2D eigenvalue weighted by atomic mass is 35.5. The van der Waals surface area contributed by atoms with Gasteiger partial charge in [0.05, 0.1) is 5.56 Å². The van der Waals surface area contributed by atoms with Crippen LogP contribution in [0.3, 0.4) is 0 Å². The second-order valence-corrected chi connectivity index (χ2v) is 6.99. The molecule has 0 fully saturated rings. The molecule has 4 rings (SSSR count). The van der Waals surface area contributed by atoms with E-state index in [1.165, 1.54) is 6.07 Å². The van der Waals surface area contributed by atoms with Gasteiger partial charge in [0.1, 0.15) is 23.9 Å². The number of ether oxygens (including phenoxy) is 2. The normalized spacial score (nSPS) is 14.1. The van der Waals surface area contributed by atoms with Crippen LogP contribution in [-0.4, -0.2) is 5.78 Å². The van der Waals surface area contributed by atoms with Gasteiger partial charge in [0, 0.05) is 21.7 Å². The number of allylic oxidation sites excluding steroid dienone is 1. The Labute approximate surface area is 170 Å². The van der Waals surface area contributed by atoms with Crippen LogP contribution in [0.5, 0.6) is 11.5 Å². The summed E-state index contributed by atoms with van der Waals surface area (Å²) in [5, 5.41) is 0.923. The summed E-state index contributed by atoms with van der Waals surface area (Å²) in [6, 6.07) is 16.3. The van der Waals surface area contributed by atoms with Gasteiger partial charge in [0.15, 0.2) is 5.76 Å². The molecule has 3 nitrogen and oxygen atoms in total. The van der Waals surface area contributed by atoms with Crippen molar-refractivity contribution in [2.45, 2.75) is 6.61 Å². The minimum absolute atomic E-state index is 0.0719. The number of carbonyl (C=O) groups excluding carboxylic acids is 1. The minimum Gasteiger partial charge on any atom is -0.489 e. The van der Waals surface area contributed by atoms with Gasteiger partial charge >= 0.3 is 0 Å². The standard InChI is InChI=1S/C22H13Cl2FO3/c23-15-6-5-13(18(24)10-15)9-21-22(26)17-8-7-16(11-20(17)28-21)27-12-14-3-1-2-4-19(14)25/h1-11H,12H2. The van der Waals surface area contributed by atoms with Crippen LogP contribution < -0.4 is 9.47 Å². The Morgan fingerprint density at radius 1 is 1.04 bits per heavy atom. The zero-order chi connectivity index (χ0) is 19.7. The monoisotopic (exact) mass is 414 g/mol. The van der Waals surface area contributed by atoms with Gasteiger partial charge in [-0.15, -0.1) is 0 Å². The van der Waals surface area contributed by atoms with E-state index >= 15 is 0 Å². The number of Topliss-reactive ketones (excluding diaryl/α,β-unsaturated/α-hetero) is 1.